The van der Waals surface area contributed by atoms with Crippen LogP contribution >= 0.6 is 11.8 Å². The Kier molecular flexibility index (Phi) is 5.84. The number of para-hydroxylation sites is 1. The molecule has 0 aromatic heterocycles. The van der Waals surface area contributed by atoms with Gasteiger partial charge in [0.25, 0.3) is 5.91 Å². The van der Waals surface area contributed by atoms with Crippen molar-refractivity contribution in [3.63, 3.8) is 0 Å². The van der Waals surface area contributed by atoms with Gasteiger partial charge in [0, 0.05) is 4.90 Å². The Bertz CT molecular complexity index is 597. The van der Waals surface area contributed by atoms with E-state index in [4.69, 9.17) is 4.74 Å². The van der Waals surface area contributed by atoms with Crippen LogP contribution in [0.3, 0.4) is 0 Å². The fraction of sp³-hybridized carbons (Fsp3) is 0.125. The lowest BCUT2D eigenvalue weighted by molar-refractivity contribution is -0.123. The van der Waals surface area contributed by atoms with Crippen molar-refractivity contribution in [3.8, 4) is 5.75 Å². The fourth-order valence-electron chi connectivity index (χ4n) is 1.57. The van der Waals surface area contributed by atoms with Crippen molar-refractivity contribution in [2.75, 3.05) is 12.9 Å². The third kappa shape index (κ3) is 5.31. The van der Waals surface area contributed by atoms with Crippen LogP contribution in [-0.2, 0) is 4.79 Å². The fourth-order valence-corrected chi connectivity index (χ4v) is 1.97. The minimum atomic E-state index is -0.296. The van der Waals surface area contributed by atoms with Crippen LogP contribution < -0.4 is 10.2 Å². The molecule has 2 rings (SSSR count). The number of thioether (sulfide) groups is 1. The minimum absolute atomic E-state index is 0.0627. The number of nitrogens with one attached hydrogen (secondary N) is 1. The molecule has 0 aliphatic heterocycles. The summed E-state index contributed by atoms with van der Waals surface area (Å²) in [6, 6.07) is 17.1. The molecule has 4 nitrogen and oxygen atoms in total. The van der Waals surface area contributed by atoms with Gasteiger partial charge in [-0.2, -0.15) is 5.10 Å². The summed E-state index contributed by atoms with van der Waals surface area (Å²) in [5.41, 5.74) is 3.36. The summed E-state index contributed by atoms with van der Waals surface area (Å²) < 4.78 is 5.31. The average molecular weight is 300 g/mol. The van der Waals surface area contributed by atoms with Gasteiger partial charge in [-0.15, -0.1) is 11.8 Å². The molecule has 108 valence electrons. The number of nitrogens with zero attached hydrogens (tertiary/aromatic N) is 1. The number of carbonyl (C=O) groups excluding carboxylic acids is 1. The maximum absolute atomic E-state index is 11.6. The van der Waals surface area contributed by atoms with Crippen molar-refractivity contribution in [3.05, 3.63) is 60.2 Å². The zero-order valence-electron chi connectivity index (χ0n) is 11.7. The maximum atomic E-state index is 11.6. The van der Waals surface area contributed by atoms with Gasteiger partial charge >= 0.3 is 0 Å². The smallest absolute Gasteiger partial charge is 0.277 e. The van der Waals surface area contributed by atoms with E-state index >= 15 is 0 Å². The standard InChI is InChI=1S/C16H16N2O2S/c1-21-15-9-7-13(8-10-15)11-17-18-16(19)12-20-14-5-3-2-4-6-14/h2-11H,12H2,1H3,(H,18,19). The molecule has 0 heterocycles. The van der Waals surface area contributed by atoms with E-state index in [0.717, 1.165) is 5.56 Å². The molecule has 1 amide bonds. The Morgan fingerprint density at radius 3 is 2.57 bits per heavy atom. The number of hydrazone groups is 1. The molecule has 21 heavy (non-hydrogen) atoms. The highest BCUT2D eigenvalue weighted by Gasteiger charge is 2.00. The van der Waals surface area contributed by atoms with Gasteiger partial charge in [-0.3, -0.25) is 4.79 Å². The highest BCUT2D eigenvalue weighted by Crippen LogP contribution is 2.13. The first-order valence-corrected chi connectivity index (χ1v) is 7.64. The second kappa shape index (κ2) is 8.11. The first-order chi connectivity index (χ1) is 10.3. The quantitative estimate of drug-likeness (QED) is 0.507. The van der Waals surface area contributed by atoms with Crippen LogP contribution in [0, 0.1) is 0 Å². The van der Waals surface area contributed by atoms with Crippen LogP contribution in [0.5, 0.6) is 5.75 Å². The minimum Gasteiger partial charge on any atom is -0.484 e. The molecule has 0 spiro atoms. The Morgan fingerprint density at radius 1 is 1.19 bits per heavy atom. The molecule has 2 aromatic carbocycles. The molecule has 0 bridgehead atoms. The van der Waals surface area contributed by atoms with E-state index in [0.29, 0.717) is 5.75 Å². The van der Waals surface area contributed by atoms with Crippen LogP contribution in [0.4, 0.5) is 0 Å². The number of hydrogen-bond acceptors (Lipinski definition) is 4. The molecule has 5 heteroatoms. The zero-order valence-corrected chi connectivity index (χ0v) is 12.5. The molecule has 1 N–H and O–H groups in total. The van der Waals surface area contributed by atoms with Gasteiger partial charge in [0.15, 0.2) is 6.61 Å². The molecule has 2 aromatic rings. The summed E-state index contributed by atoms with van der Waals surface area (Å²) in [6.07, 6.45) is 3.63. The summed E-state index contributed by atoms with van der Waals surface area (Å²) in [6.45, 7) is -0.0627. The molecule has 0 aliphatic rings. The number of rotatable bonds is 6. The molecule has 0 aliphatic carbocycles. The molecule has 0 atom stereocenters. The van der Waals surface area contributed by atoms with Gasteiger partial charge in [-0.05, 0) is 36.1 Å². The lowest BCUT2D eigenvalue weighted by Crippen LogP contribution is -2.24. The normalized spacial score (nSPS) is 10.5. The third-order valence-corrected chi connectivity index (χ3v) is 3.38. The Hall–Kier alpha value is -2.27. The average Bonchev–Trinajstić information content (AvgIpc) is 2.54. The molecule has 0 saturated heterocycles. The lowest BCUT2D eigenvalue weighted by atomic mass is 10.2. The van der Waals surface area contributed by atoms with Crippen molar-refractivity contribution in [1.82, 2.24) is 5.43 Å². The number of carbonyl (C=O) groups is 1. The highest BCUT2D eigenvalue weighted by molar-refractivity contribution is 7.98. The van der Waals surface area contributed by atoms with E-state index in [1.54, 1.807) is 30.1 Å². The van der Waals surface area contributed by atoms with Crippen LogP contribution in [0.1, 0.15) is 5.56 Å². The van der Waals surface area contributed by atoms with Crippen molar-refractivity contribution in [1.29, 1.82) is 0 Å². The Morgan fingerprint density at radius 2 is 1.90 bits per heavy atom. The topological polar surface area (TPSA) is 50.7 Å². The number of benzene rings is 2. The second-order valence-corrected chi connectivity index (χ2v) is 5.05. The summed E-state index contributed by atoms with van der Waals surface area (Å²) in [5, 5.41) is 3.90. The van der Waals surface area contributed by atoms with Crippen molar-refractivity contribution < 1.29 is 9.53 Å². The monoisotopic (exact) mass is 300 g/mol. The van der Waals surface area contributed by atoms with Gasteiger partial charge < -0.3 is 4.74 Å². The third-order valence-electron chi connectivity index (χ3n) is 2.63. The molecular weight excluding hydrogens is 284 g/mol. The molecule has 0 fully saturated rings. The summed E-state index contributed by atoms with van der Waals surface area (Å²) in [5.74, 6) is 0.361. The largest absolute Gasteiger partial charge is 0.484 e. The molecule has 0 saturated carbocycles. The van der Waals surface area contributed by atoms with E-state index < -0.39 is 0 Å². The van der Waals surface area contributed by atoms with Gasteiger partial charge in [-0.25, -0.2) is 5.43 Å². The summed E-state index contributed by atoms with van der Waals surface area (Å²) in [7, 11) is 0. The number of amides is 1. The number of hydrogen-bond donors (Lipinski definition) is 1. The first kappa shape index (κ1) is 15.1. The Balaban J connectivity index is 1.76. The van der Waals surface area contributed by atoms with Gasteiger partial charge in [0.2, 0.25) is 0 Å². The van der Waals surface area contributed by atoms with E-state index in [1.165, 1.54) is 4.90 Å². The summed E-state index contributed by atoms with van der Waals surface area (Å²) >= 11 is 1.68. The van der Waals surface area contributed by atoms with Crippen LogP contribution in [-0.4, -0.2) is 25.0 Å². The van der Waals surface area contributed by atoms with Crippen LogP contribution in [0.25, 0.3) is 0 Å². The van der Waals surface area contributed by atoms with E-state index in [-0.39, 0.29) is 12.5 Å². The van der Waals surface area contributed by atoms with Crippen molar-refractivity contribution in [2.45, 2.75) is 4.90 Å². The second-order valence-electron chi connectivity index (χ2n) is 4.17. The van der Waals surface area contributed by atoms with Crippen molar-refractivity contribution in [2.24, 2.45) is 5.10 Å². The number of ether oxygens (including phenoxy) is 1. The maximum Gasteiger partial charge on any atom is 0.277 e. The zero-order chi connectivity index (χ0) is 14.9. The van der Waals surface area contributed by atoms with E-state index in [1.807, 2.05) is 48.7 Å². The Labute approximate surface area is 128 Å². The first-order valence-electron chi connectivity index (χ1n) is 6.42. The van der Waals surface area contributed by atoms with E-state index in [2.05, 4.69) is 10.5 Å². The van der Waals surface area contributed by atoms with Gasteiger partial charge in [0.05, 0.1) is 6.21 Å². The predicted molar refractivity (Wildman–Crippen MR) is 85.9 cm³/mol. The van der Waals surface area contributed by atoms with Crippen LogP contribution in [0.2, 0.25) is 0 Å². The summed E-state index contributed by atoms with van der Waals surface area (Å²) in [4.78, 5) is 12.7. The molecule has 0 radical (unpaired) electrons. The van der Waals surface area contributed by atoms with Gasteiger partial charge in [-0.1, -0.05) is 30.3 Å². The molecule has 0 unspecified atom stereocenters. The SMILES string of the molecule is CSc1ccc(C=NNC(=O)COc2ccccc2)cc1. The predicted octanol–water partition coefficient (Wildman–Crippen LogP) is 2.94. The van der Waals surface area contributed by atoms with Crippen molar-refractivity contribution >= 4 is 23.9 Å². The van der Waals surface area contributed by atoms with Crippen LogP contribution in [0.15, 0.2) is 64.6 Å². The lowest BCUT2D eigenvalue weighted by Gasteiger charge is -2.04. The van der Waals surface area contributed by atoms with E-state index in [9.17, 15) is 4.79 Å². The van der Waals surface area contributed by atoms with Gasteiger partial charge in [0.1, 0.15) is 5.75 Å². The highest BCUT2D eigenvalue weighted by atomic mass is 32.2. The molecular formula is C16H16N2O2S.